The molecule has 0 aromatic carbocycles. The molecule has 1 atom stereocenters. The Morgan fingerprint density at radius 1 is 1.20 bits per heavy atom. The highest BCUT2D eigenvalue weighted by atomic mass is 16.4. The Kier molecular flexibility index (Phi) is 8.46. The second-order valence-electron chi connectivity index (χ2n) is 6.14. The molecular weight excluding hydrogens is 256 g/mol. The number of carboxylic acids is 1. The molecule has 0 bridgehead atoms. The average Bonchev–Trinajstić information content (AvgIpc) is 2.32. The van der Waals surface area contributed by atoms with Crippen LogP contribution in [-0.4, -0.2) is 35.6 Å². The maximum Gasteiger partial charge on any atom is 0.303 e. The van der Waals surface area contributed by atoms with Crippen LogP contribution in [0, 0.1) is 11.8 Å². The van der Waals surface area contributed by atoms with Crippen LogP contribution >= 0.6 is 0 Å². The molecule has 0 aliphatic heterocycles. The lowest BCUT2D eigenvalue weighted by Gasteiger charge is -2.26. The Labute approximate surface area is 122 Å². The molecule has 1 unspecified atom stereocenters. The maximum absolute atomic E-state index is 12.0. The normalized spacial score (nSPS) is 13.3. The van der Waals surface area contributed by atoms with Gasteiger partial charge in [0.25, 0.3) is 0 Å². The van der Waals surface area contributed by atoms with Crippen molar-refractivity contribution in [2.45, 2.75) is 59.4 Å². The molecule has 0 saturated carbocycles. The first-order chi connectivity index (χ1) is 9.20. The predicted molar refractivity (Wildman–Crippen MR) is 80.6 cm³/mol. The van der Waals surface area contributed by atoms with E-state index >= 15 is 0 Å². The summed E-state index contributed by atoms with van der Waals surface area (Å²) in [4.78, 5) is 22.6. The third-order valence-electron chi connectivity index (χ3n) is 3.66. The van der Waals surface area contributed by atoms with Gasteiger partial charge in [0.2, 0.25) is 5.91 Å². The van der Waals surface area contributed by atoms with Gasteiger partial charge in [-0.1, -0.05) is 20.8 Å². The van der Waals surface area contributed by atoms with Crippen LogP contribution in [0.15, 0.2) is 0 Å². The molecule has 0 fully saturated rings. The number of rotatable bonds is 10. The van der Waals surface area contributed by atoms with Crippen LogP contribution < -0.4 is 10.6 Å². The highest BCUT2D eigenvalue weighted by molar-refractivity contribution is 5.85. The summed E-state index contributed by atoms with van der Waals surface area (Å²) < 4.78 is 0. The van der Waals surface area contributed by atoms with Gasteiger partial charge >= 0.3 is 5.97 Å². The standard InChI is InChI=1S/C15H30N2O3/c1-6-17-15(4,5)14(20)16-10-9-12(11(2)3)7-8-13(18)19/h11-12,17H,6-10H2,1-5H3,(H,16,20)(H,18,19). The van der Waals surface area contributed by atoms with Crippen LogP contribution in [0.3, 0.4) is 0 Å². The number of likely N-dealkylation sites (N-methyl/N-ethyl adjacent to an activating group) is 1. The van der Waals surface area contributed by atoms with Crippen molar-refractivity contribution in [3.05, 3.63) is 0 Å². The van der Waals surface area contributed by atoms with Gasteiger partial charge in [0.15, 0.2) is 0 Å². The lowest BCUT2D eigenvalue weighted by Crippen LogP contribution is -2.52. The van der Waals surface area contributed by atoms with E-state index in [1.807, 2.05) is 20.8 Å². The first-order valence-electron chi connectivity index (χ1n) is 7.45. The van der Waals surface area contributed by atoms with Gasteiger partial charge in [-0.15, -0.1) is 0 Å². The third kappa shape index (κ3) is 7.48. The highest BCUT2D eigenvalue weighted by Crippen LogP contribution is 2.20. The topological polar surface area (TPSA) is 78.4 Å². The number of hydrogen-bond donors (Lipinski definition) is 3. The van der Waals surface area contributed by atoms with Gasteiger partial charge in [0.1, 0.15) is 0 Å². The zero-order chi connectivity index (χ0) is 15.8. The number of amides is 1. The van der Waals surface area contributed by atoms with Crippen molar-refractivity contribution in [2.75, 3.05) is 13.1 Å². The minimum atomic E-state index is -0.757. The van der Waals surface area contributed by atoms with E-state index in [-0.39, 0.29) is 12.3 Å². The van der Waals surface area contributed by atoms with Crippen LogP contribution in [0.4, 0.5) is 0 Å². The molecule has 1 amide bonds. The summed E-state index contributed by atoms with van der Waals surface area (Å²) in [5, 5.41) is 14.8. The summed E-state index contributed by atoms with van der Waals surface area (Å²) in [6.07, 6.45) is 1.68. The zero-order valence-corrected chi connectivity index (χ0v) is 13.5. The van der Waals surface area contributed by atoms with E-state index in [1.54, 1.807) is 0 Å². The minimum Gasteiger partial charge on any atom is -0.481 e. The summed E-state index contributed by atoms with van der Waals surface area (Å²) in [6.45, 7) is 11.2. The Bertz CT molecular complexity index is 314. The monoisotopic (exact) mass is 286 g/mol. The van der Waals surface area contributed by atoms with Gasteiger partial charge < -0.3 is 15.7 Å². The van der Waals surface area contributed by atoms with Crippen molar-refractivity contribution in [2.24, 2.45) is 11.8 Å². The van der Waals surface area contributed by atoms with Crippen LogP contribution in [0.5, 0.6) is 0 Å². The summed E-state index contributed by atoms with van der Waals surface area (Å²) in [6, 6.07) is 0. The molecule has 0 spiro atoms. The van der Waals surface area contributed by atoms with Gasteiger partial charge in [-0.25, -0.2) is 0 Å². The van der Waals surface area contributed by atoms with E-state index in [0.29, 0.717) is 24.8 Å². The summed E-state index contributed by atoms with van der Waals surface area (Å²) >= 11 is 0. The summed E-state index contributed by atoms with van der Waals surface area (Å²) in [5.74, 6) is -0.0188. The van der Waals surface area contributed by atoms with Gasteiger partial charge in [-0.3, -0.25) is 9.59 Å². The van der Waals surface area contributed by atoms with Crippen molar-refractivity contribution < 1.29 is 14.7 Å². The van der Waals surface area contributed by atoms with Gasteiger partial charge in [0, 0.05) is 13.0 Å². The van der Waals surface area contributed by atoms with Gasteiger partial charge in [-0.05, 0) is 45.1 Å². The number of carboxylic acid groups (broad SMARTS) is 1. The fourth-order valence-electron chi connectivity index (χ4n) is 2.23. The molecule has 5 heteroatoms. The van der Waals surface area contributed by atoms with Crippen LogP contribution in [0.25, 0.3) is 0 Å². The van der Waals surface area contributed by atoms with E-state index < -0.39 is 11.5 Å². The van der Waals surface area contributed by atoms with Crippen molar-refractivity contribution in [3.63, 3.8) is 0 Å². The van der Waals surface area contributed by atoms with Gasteiger partial charge in [0.05, 0.1) is 5.54 Å². The van der Waals surface area contributed by atoms with Crippen molar-refractivity contribution in [3.8, 4) is 0 Å². The molecule has 118 valence electrons. The molecule has 5 nitrogen and oxygen atoms in total. The van der Waals surface area contributed by atoms with E-state index in [1.165, 1.54) is 0 Å². The second kappa shape index (κ2) is 8.95. The van der Waals surface area contributed by atoms with E-state index in [2.05, 4.69) is 24.5 Å². The summed E-state index contributed by atoms with van der Waals surface area (Å²) in [5.41, 5.74) is -0.566. The van der Waals surface area contributed by atoms with E-state index in [9.17, 15) is 9.59 Å². The fourth-order valence-corrected chi connectivity index (χ4v) is 2.23. The van der Waals surface area contributed by atoms with Crippen molar-refractivity contribution in [1.29, 1.82) is 0 Å². The fraction of sp³-hybridized carbons (Fsp3) is 0.867. The largest absolute Gasteiger partial charge is 0.481 e. The Hall–Kier alpha value is -1.10. The first-order valence-corrected chi connectivity index (χ1v) is 7.45. The van der Waals surface area contributed by atoms with Crippen LogP contribution in [0.1, 0.15) is 53.9 Å². The molecular formula is C15H30N2O3. The Balaban J connectivity index is 4.17. The second-order valence-corrected chi connectivity index (χ2v) is 6.14. The SMILES string of the molecule is CCNC(C)(C)C(=O)NCCC(CCC(=O)O)C(C)C. The van der Waals surface area contributed by atoms with E-state index in [0.717, 1.165) is 13.0 Å². The molecule has 3 N–H and O–H groups in total. The highest BCUT2D eigenvalue weighted by Gasteiger charge is 2.26. The Morgan fingerprint density at radius 3 is 2.25 bits per heavy atom. The number of aliphatic carboxylic acids is 1. The number of carbonyl (C=O) groups is 2. The quantitative estimate of drug-likeness (QED) is 0.574. The molecule has 0 heterocycles. The lowest BCUT2D eigenvalue weighted by molar-refractivity contribution is -0.137. The molecule has 0 aliphatic rings. The zero-order valence-electron chi connectivity index (χ0n) is 13.5. The molecule has 20 heavy (non-hydrogen) atoms. The number of carbonyl (C=O) groups excluding carboxylic acids is 1. The molecule has 0 aromatic rings. The molecule has 0 radical (unpaired) electrons. The predicted octanol–water partition coefficient (Wildman–Crippen LogP) is 2.02. The maximum atomic E-state index is 12.0. The summed E-state index contributed by atoms with van der Waals surface area (Å²) in [7, 11) is 0. The van der Waals surface area contributed by atoms with Gasteiger partial charge in [-0.2, -0.15) is 0 Å². The molecule has 0 rings (SSSR count). The Morgan fingerprint density at radius 2 is 1.80 bits per heavy atom. The van der Waals surface area contributed by atoms with Crippen LogP contribution in [0.2, 0.25) is 0 Å². The number of hydrogen-bond acceptors (Lipinski definition) is 3. The first kappa shape index (κ1) is 18.9. The molecule has 0 saturated heterocycles. The van der Waals surface area contributed by atoms with Crippen molar-refractivity contribution >= 4 is 11.9 Å². The van der Waals surface area contributed by atoms with Crippen LogP contribution in [-0.2, 0) is 9.59 Å². The molecule has 0 aromatic heterocycles. The van der Waals surface area contributed by atoms with Crippen molar-refractivity contribution in [1.82, 2.24) is 10.6 Å². The van der Waals surface area contributed by atoms with E-state index in [4.69, 9.17) is 5.11 Å². The molecule has 0 aliphatic carbocycles. The minimum absolute atomic E-state index is 0.0138. The smallest absolute Gasteiger partial charge is 0.303 e. The lowest BCUT2D eigenvalue weighted by atomic mass is 9.88. The average molecular weight is 286 g/mol. The number of nitrogens with one attached hydrogen (secondary N) is 2. The third-order valence-corrected chi connectivity index (χ3v) is 3.66.